The van der Waals surface area contributed by atoms with Crippen LogP contribution >= 0.6 is 0 Å². The van der Waals surface area contributed by atoms with Crippen LogP contribution in [-0.4, -0.2) is 61.4 Å². The van der Waals surface area contributed by atoms with Crippen LogP contribution in [0.25, 0.3) is 0 Å². The van der Waals surface area contributed by atoms with E-state index in [9.17, 15) is 9.59 Å². The lowest BCUT2D eigenvalue weighted by atomic mass is 10.1. The first-order valence-electron chi connectivity index (χ1n) is 10.6. The summed E-state index contributed by atoms with van der Waals surface area (Å²) in [7, 11) is 1.61. The molecule has 2 amide bonds. The molecule has 0 saturated carbocycles. The van der Waals surface area contributed by atoms with Gasteiger partial charge in [-0.25, -0.2) is 0 Å². The Hall–Kier alpha value is -2.86. The molecule has 0 N–H and O–H groups in total. The topological polar surface area (TPSA) is 53.1 Å². The Balaban J connectivity index is 1.35. The van der Waals surface area contributed by atoms with Gasteiger partial charge in [0, 0.05) is 57.4 Å². The molecular weight excluding hydrogens is 378 g/mol. The van der Waals surface area contributed by atoms with Crippen LogP contribution in [0.15, 0.2) is 54.6 Å². The number of carbonyl (C=O) groups is 2. The fourth-order valence-corrected chi connectivity index (χ4v) is 4.35. The minimum absolute atomic E-state index is 0.00197. The molecule has 4 rings (SSSR count). The molecule has 0 spiro atoms. The van der Waals surface area contributed by atoms with Crippen LogP contribution in [0.5, 0.6) is 5.75 Å². The Kier molecular flexibility index (Phi) is 6.33. The molecule has 0 unspecified atom stereocenters. The minimum atomic E-state index is -0.274. The summed E-state index contributed by atoms with van der Waals surface area (Å²) in [6, 6.07) is 17.9. The standard InChI is InChI=1S/C24H29N3O3/c1-30-22-10-5-9-21(16-22)27-18-20(15-23(27)28)24(29)26-12-6-11-25(13-14-26)17-19-7-3-2-4-8-19/h2-5,7-10,16,20H,6,11-15,17-18H2,1H3/t20-/m1/s1. The molecule has 158 valence electrons. The second-order valence-corrected chi connectivity index (χ2v) is 8.05. The third-order valence-corrected chi connectivity index (χ3v) is 5.99. The molecule has 0 radical (unpaired) electrons. The Labute approximate surface area is 178 Å². The number of nitrogens with zero attached hydrogens (tertiary/aromatic N) is 3. The van der Waals surface area contributed by atoms with Gasteiger partial charge in [0.15, 0.2) is 0 Å². The Bertz CT molecular complexity index is 886. The lowest BCUT2D eigenvalue weighted by Gasteiger charge is -2.24. The molecule has 2 aromatic carbocycles. The molecule has 2 heterocycles. The smallest absolute Gasteiger partial charge is 0.228 e. The quantitative estimate of drug-likeness (QED) is 0.765. The van der Waals surface area contributed by atoms with Gasteiger partial charge in [0.25, 0.3) is 0 Å². The zero-order valence-corrected chi connectivity index (χ0v) is 17.5. The highest BCUT2D eigenvalue weighted by Gasteiger charge is 2.37. The highest BCUT2D eigenvalue weighted by atomic mass is 16.5. The van der Waals surface area contributed by atoms with Crippen molar-refractivity contribution in [2.45, 2.75) is 19.4 Å². The van der Waals surface area contributed by atoms with Crippen LogP contribution in [0, 0.1) is 5.92 Å². The van der Waals surface area contributed by atoms with Crippen molar-refractivity contribution in [1.82, 2.24) is 9.80 Å². The van der Waals surface area contributed by atoms with Crippen molar-refractivity contribution in [3.8, 4) is 5.75 Å². The summed E-state index contributed by atoms with van der Waals surface area (Å²) in [5.41, 5.74) is 2.09. The maximum absolute atomic E-state index is 13.2. The number of methoxy groups -OCH3 is 1. The number of carbonyl (C=O) groups excluding carboxylic acids is 2. The predicted octanol–water partition coefficient (Wildman–Crippen LogP) is 2.78. The van der Waals surface area contributed by atoms with Crippen LogP contribution in [0.1, 0.15) is 18.4 Å². The Morgan fingerprint density at radius 1 is 1.03 bits per heavy atom. The summed E-state index contributed by atoms with van der Waals surface area (Å²) in [6.07, 6.45) is 1.24. The first-order valence-corrected chi connectivity index (χ1v) is 10.6. The number of ether oxygens (including phenoxy) is 1. The van der Waals surface area contributed by atoms with Gasteiger partial charge in [-0.1, -0.05) is 36.4 Å². The molecule has 0 bridgehead atoms. The van der Waals surface area contributed by atoms with Crippen molar-refractivity contribution in [3.05, 3.63) is 60.2 Å². The molecule has 2 fully saturated rings. The zero-order valence-electron chi connectivity index (χ0n) is 17.5. The normalized spacial score (nSPS) is 20.3. The number of anilines is 1. The van der Waals surface area contributed by atoms with E-state index in [1.807, 2.05) is 35.2 Å². The van der Waals surface area contributed by atoms with E-state index >= 15 is 0 Å². The van der Waals surface area contributed by atoms with E-state index in [-0.39, 0.29) is 24.2 Å². The van der Waals surface area contributed by atoms with E-state index in [4.69, 9.17) is 4.74 Å². The van der Waals surface area contributed by atoms with Gasteiger partial charge < -0.3 is 14.5 Å². The summed E-state index contributed by atoms with van der Waals surface area (Å²) in [5.74, 6) is 0.544. The van der Waals surface area contributed by atoms with Gasteiger partial charge in [0.1, 0.15) is 5.75 Å². The first kappa shape index (κ1) is 20.4. The summed E-state index contributed by atoms with van der Waals surface area (Å²) in [4.78, 5) is 31.8. The van der Waals surface area contributed by atoms with Gasteiger partial charge in [-0.05, 0) is 24.1 Å². The predicted molar refractivity (Wildman–Crippen MR) is 116 cm³/mol. The number of hydrogen-bond acceptors (Lipinski definition) is 4. The van der Waals surface area contributed by atoms with Gasteiger partial charge in [-0.3, -0.25) is 14.5 Å². The number of hydrogen-bond donors (Lipinski definition) is 0. The fraction of sp³-hybridized carbons (Fsp3) is 0.417. The second kappa shape index (κ2) is 9.30. The van der Waals surface area contributed by atoms with Gasteiger partial charge >= 0.3 is 0 Å². The van der Waals surface area contributed by atoms with Crippen LogP contribution < -0.4 is 9.64 Å². The largest absolute Gasteiger partial charge is 0.497 e. The average Bonchev–Trinajstić information content (AvgIpc) is 3.02. The molecule has 2 aliphatic heterocycles. The van der Waals surface area contributed by atoms with Gasteiger partial charge in [-0.2, -0.15) is 0 Å². The van der Waals surface area contributed by atoms with Gasteiger partial charge in [0.05, 0.1) is 13.0 Å². The highest BCUT2D eigenvalue weighted by Crippen LogP contribution is 2.29. The second-order valence-electron chi connectivity index (χ2n) is 8.05. The lowest BCUT2D eigenvalue weighted by Crippen LogP contribution is -2.39. The summed E-state index contributed by atoms with van der Waals surface area (Å²) in [5, 5.41) is 0. The van der Waals surface area contributed by atoms with Crippen molar-refractivity contribution in [2.24, 2.45) is 5.92 Å². The molecule has 6 heteroatoms. The van der Waals surface area contributed by atoms with Crippen LogP contribution in [0.3, 0.4) is 0 Å². The van der Waals surface area contributed by atoms with Gasteiger partial charge in [-0.15, -0.1) is 0 Å². The molecule has 30 heavy (non-hydrogen) atoms. The van der Waals surface area contributed by atoms with Crippen LogP contribution in [0.4, 0.5) is 5.69 Å². The Morgan fingerprint density at radius 3 is 2.67 bits per heavy atom. The molecule has 2 aromatic rings. The van der Waals surface area contributed by atoms with E-state index in [0.717, 1.165) is 44.8 Å². The van der Waals surface area contributed by atoms with Crippen molar-refractivity contribution in [3.63, 3.8) is 0 Å². The monoisotopic (exact) mass is 407 g/mol. The summed E-state index contributed by atoms with van der Waals surface area (Å²) < 4.78 is 5.27. The molecule has 6 nitrogen and oxygen atoms in total. The number of benzene rings is 2. The number of rotatable bonds is 5. The average molecular weight is 408 g/mol. The summed E-state index contributed by atoms with van der Waals surface area (Å²) in [6.45, 7) is 4.67. The highest BCUT2D eigenvalue weighted by molar-refractivity contribution is 6.00. The maximum Gasteiger partial charge on any atom is 0.228 e. The first-order chi connectivity index (χ1) is 14.6. The van der Waals surface area contributed by atoms with Crippen molar-refractivity contribution in [2.75, 3.05) is 44.7 Å². The molecular formula is C24H29N3O3. The van der Waals surface area contributed by atoms with E-state index in [1.165, 1.54) is 5.56 Å². The van der Waals surface area contributed by atoms with Crippen LogP contribution in [-0.2, 0) is 16.1 Å². The Morgan fingerprint density at radius 2 is 1.87 bits per heavy atom. The van der Waals surface area contributed by atoms with E-state index in [0.29, 0.717) is 12.3 Å². The molecule has 0 aliphatic carbocycles. The third kappa shape index (κ3) is 4.65. The zero-order chi connectivity index (χ0) is 20.9. The fourth-order valence-electron chi connectivity index (χ4n) is 4.35. The van der Waals surface area contributed by atoms with E-state index in [1.54, 1.807) is 12.0 Å². The number of amides is 2. The third-order valence-electron chi connectivity index (χ3n) is 5.99. The lowest BCUT2D eigenvalue weighted by molar-refractivity contribution is -0.135. The SMILES string of the molecule is COc1cccc(N2C[C@H](C(=O)N3CCCN(Cc4ccccc4)CC3)CC2=O)c1. The van der Waals surface area contributed by atoms with Gasteiger partial charge in [0.2, 0.25) is 11.8 Å². The molecule has 2 saturated heterocycles. The minimum Gasteiger partial charge on any atom is -0.497 e. The maximum atomic E-state index is 13.2. The van der Waals surface area contributed by atoms with E-state index in [2.05, 4.69) is 29.2 Å². The molecule has 1 atom stereocenters. The van der Waals surface area contributed by atoms with Crippen molar-refractivity contribution in [1.29, 1.82) is 0 Å². The van der Waals surface area contributed by atoms with Crippen molar-refractivity contribution < 1.29 is 14.3 Å². The molecule has 2 aliphatic rings. The molecule has 0 aromatic heterocycles. The van der Waals surface area contributed by atoms with E-state index < -0.39 is 0 Å². The van der Waals surface area contributed by atoms with Crippen molar-refractivity contribution >= 4 is 17.5 Å². The summed E-state index contributed by atoms with van der Waals surface area (Å²) >= 11 is 0. The van der Waals surface area contributed by atoms with Crippen LogP contribution in [0.2, 0.25) is 0 Å².